The van der Waals surface area contributed by atoms with Crippen molar-refractivity contribution in [3.63, 3.8) is 0 Å². The molecular weight excluding hydrogens is 486 g/mol. The minimum absolute atomic E-state index is 0.300. The molecule has 3 aromatic carbocycles. The molecule has 10 heteroatoms. The van der Waals surface area contributed by atoms with E-state index >= 15 is 0 Å². The minimum atomic E-state index is -4.76. The largest absolute Gasteiger partial charge is 0.573 e. The number of imidazole rings is 2. The molecular formula is C27H17F4N5O. The van der Waals surface area contributed by atoms with Gasteiger partial charge in [-0.15, -0.1) is 13.2 Å². The van der Waals surface area contributed by atoms with Crippen LogP contribution in [0.4, 0.5) is 17.6 Å². The van der Waals surface area contributed by atoms with Crippen LogP contribution in [0.5, 0.6) is 5.75 Å². The highest BCUT2D eigenvalue weighted by Crippen LogP contribution is 2.33. The molecule has 0 unspecified atom stereocenters. The monoisotopic (exact) mass is 503 g/mol. The summed E-state index contributed by atoms with van der Waals surface area (Å²) in [5, 5.41) is 0.702. The number of nitrogens with zero attached hydrogens (tertiary/aromatic N) is 2. The number of aromatic amines is 3. The van der Waals surface area contributed by atoms with Gasteiger partial charge in [-0.05, 0) is 48.0 Å². The fourth-order valence-electron chi connectivity index (χ4n) is 4.18. The molecule has 37 heavy (non-hydrogen) atoms. The molecule has 3 heterocycles. The fraction of sp³-hybridized carbons (Fsp3) is 0.0370. The number of fused-ring (bicyclic) bond motifs is 1. The first kappa shape index (κ1) is 22.6. The number of halogens is 4. The summed E-state index contributed by atoms with van der Waals surface area (Å²) < 4.78 is 54.9. The number of hydrogen-bond donors (Lipinski definition) is 3. The summed E-state index contributed by atoms with van der Waals surface area (Å²) >= 11 is 0. The van der Waals surface area contributed by atoms with E-state index in [1.807, 2.05) is 24.3 Å². The number of hydrogen-bond acceptors (Lipinski definition) is 3. The van der Waals surface area contributed by atoms with Crippen LogP contribution in [0.1, 0.15) is 0 Å². The molecule has 0 aliphatic carbocycles. The van der Waals surface area contributed by atoms with Gasteiger partial charge in [0.25, 0.3) is 0 Å². The molecule has 0 aliphatic heterocycles. The van der Waals surface area contributed by atoms with Gasteiger partial charge in [-0.25, -0.2) is 14.4 Å². The lowest BCUT2D eigenvalue weighted by Crippen LogP contribution is -2.16. The molecule has 6 nitrogen and oxygen atoms in total. The predicted molar refractivity (Wildman–Crippen MR) is 131 cm³/mol. The molecule has 3 N–H and O–H groups in total. The highest BCUT2D eigenvalue weighted by atomic mass is 19.4. The quantitative estimate of drug-likeness (QED) is 0.216. The third-order valence-corrected chi connectivity index (χ3v) is 5.90. The van der Waals surface area contributed by atoms with Gasteiger partial charge in [-0.2, -0.15) is 0 Å². The number of nitrogens with one attached hydrogen (secondary N) is 3. The van der Waals surface area contributed by atoms with Crippen LogP contribution in [0.15, 0.2) is 85.3 Å². The van der Waals surface area contributed by atoms with Crippen molar-refractivity contribution in [3.05, 3.63) is 91.1 Å². The molecule has 0 radical (unpaired) electrons. The van der Waals surface area contributed by atoms with Crippen LogP contribution in [0.25, 0.3) is 56.2 Å². The lowest BCUT2D eigenvalue weighted by molar-refractivity contribution is -0.274. The molecule has 0 atom stereocenters. The van der Waals surface area contributed by atoms with Crippen LogP contribution < -0.4 is 4.74 Å². The maximum absolute atomic E-state index is 13.2. The molecule has 0 saturated heterocycles. The van der Waals surface area contributed by atoms with Gasteiger partial charge in [0.1, 0.15) is 23.2 Å². The summed E-state index contributed by atoms with van der Waals surface area (Å²) in [5.41, 5.74) is 5.28. The predicted octanol–water partition coefficient (Wildman–Crippen LogP) is 7.32. The van der Waals surface area contributed by atoms with E-state index in [1.165, 1.54) is 24.3 Å². The molecule has 0 amide bonds. The zero-order chi connectivity index (χ0) is 25.6. The Kier molecular flexibility index (Phi) is 5.29. The van der Waals surface area contributed by atoms with Crippen molar-refractivity contribution in [1.29, 1.82) is 0 Å². The second-order valence-corrected chi connectivity index (χ2v) is 8.34. The second-order valence-electron chi connectivity index (χ2n) is 8.34. The molecule has 0 aliphatic rings. The van der Waals surface area contributed by atoms with Gasteiger partial charge >= 0.3 is 6.36 Å². The van der Waals surface area contributed by atoms with Gasteiger partial charge in [0.05, 0.1) is 23.8 Å². The van der Waals surface area contributed by atoms with Crippen molar-refractivity contribution in [3.8, 4) is 51.0 Å². The first-order chi connectivity index (χ1) is 17.8. The lowest BCUT2D eigenvalue weighted by atomic mass is 10.1. The molecule has 0 bridgehead atoms. The average molecular weight is 503 g/mol. The fourth-order valence-corrected chi connectivity index (χ4v) is 4.18. The third-order valence-electron chi connectivity index (χ3n) is 5.90. The SMILES string of the molecule is Fc1ccc(-c2cnc(-c3cccc(-c4cnc(-c5c[nH]c6cc(OC(F)(F)F)ccc56)[nH]4)c3)[nH]2)cc1. The summed E-state index contributed by atoms with van der Waals surface area (Å²) in [6, 6.07) is 18.0. The van der Waals surface area contributed by atoms with Crippen LogP contribution in [-0.2, 0) is 0 Å². The Bertz CT molecular complexity index is 1710. The molecule has 184 valence electrons. The summed E-state index contributed by atoms with van der Waals surface area (Å²) in [5.74, 6) is 0.621. The van der Waals surface area contributed by atoms with Crippen molar-refractivity contribution in [2.45, 2.75) is 6.36 Å². The summed E-state index contributed by atoms with van der Waals surface area (Å²) in [4.78, 5) is 18.5. The average Bonchev–Trinajstić information content (AvgIpc) is 3.63. The van der Waals surface area contributed by atoms with Crippen molar-refractivity contribution in [2.75, 3.05) is 0 Å². The maximum atomic E-state index is 13.2. The van der Waals surface area contributed by atoms with E-state index in [4.69, 9.17) is 0 Å². The van der Waals surface area contributed by atoms with Crippen molar-refractivity contribution in [1.82, 2.24) is 24.9 Å². The lowest BCUT2D eigenvalue weighted by Gasteiger charge is -2.08. The Balaban J connectivity index is 1.27. The van der Waals surface area contributed by atoms with Gasteiger partial charge in [-0.3, -0.25) is 0 Å². The summed E-state index contributed by atoms with van der Waals surface area (Å²) in [6.07, 6.45) is 0.318. The Morgan fingerprint density at radius 1 is 0.730 bits per heavy atom. The van der Waals surface area contributed by atoms with Crippen LogP contribution in [0.2, 0.25) is 0 Å². The van der Waals surface area contributed by atoms with E-state index in [9.17, 15) is 17.6 Å². The van der Waals surface area contributed by atoms with E-state index in [1.54, 1.807) is 36.8 Å². The zero-order valence-electron chi connectivity index (χ0n) is 18.9. The minimum Gasteiger partial charge on any atom is -0.406 e. The number of aromatic nitrogens is 5. The van der Waals surface area contributed by atoms with Gasteiger partial charge in [0.15, 0.2) is 0 Å². The Hall–Kier alpha value is -4.86. The third kappa shape index (κ3) is 4.56. The van der Waals surface area contributed by atoms with Crippen LogP contribution in [0.3, 0.4) is 0 Å². The number of rotatable bonds is 5. The molecule has 6 aromatic rings. The molecule has 3 aromatic heterocycles. The van der Waals surface area contributed by atoms with E-state index in [0.29, 0.717) is 28.1 Å². The van der Waals surface area contributed by atoms with E-state index in [-0.39, 0.29) is 11.6 Å². The molecule has 0 saturated carbocycles. The number of alkyl halides is 3. The number of ether oxygens (including phenoxy) is 1. The van der Waals surface area contributed by atoms with Gasteiger partial charge in [0.2, 0.25) is 0 Å². The number of H-pyrrole nitrogens is 3. The zero-order valence-corrected chi connectivity index (χ0v) is 18.9. The first-order valence-electron chi connectivity index (χ1n) is 11.2. The normalized spacial score (nSPS) is 11.8. The van der Waals surface area contributed by atoms with Gasteiger partial charge in [-0.1, -0.05) is 18.2 Å². The van der Waals surface area contributed by atoms with Crippen LogP contribution in [-0.4, -0.2) is 31.3 Å². The van der Waals surface area contributed by atoms with Crippen LogP contribution in [0, 0.1) is 5.82 Å². The van der Waals surface area contributed by atoms with E-state index in [2.05, 4.69) is 29.7 Å². The Morgan fingerprint density at radius 3 is 2.22 bits per heavy atom. The molecule has 6 rings (SSSR count). The second kappa shape index (κ2) is 8.66. The standard InChI is InChI=1S/C27H17F4N5O/c28-18-6-4-15(5-7-18)23-13-33-25(35-23)17-3-1-2-16(10-17)24-14-34-26(36-24)21-12-32-22-11-19(8-9-20(21)22)37-27(29,30)31/h1-14,32H,(H,33,35)(H,34,36). The van der Waals surface area contributed by atoms with E-state index in [0.717, 1.165) is 28.1 Å². The number of benzene rings is 3. The Morgan fingerprint density at radius 2 is 1.43 bits per heavy atom. The van der Waals surface area contributed by atoms with E-state index < -0.39 is 6.36 Å². The van der Waals surface area contributed by atoms with Crippen molar-refractivity contribution in [2.24, 2.45) is 0 Å². The topological polar surface area (TPSA) is 82.4 Å². The highest BCUT2D eigenvalue weighted by molar-refractivity contribution is 5.94. The summed E-state index contributed by atoms with van der Waals surface area (Å²) in [7, 11) is 0. The van der Waals surface area contributed by atoms with Crippen molar-refractivity contribution >= 4 is 10.9 Å². The van der Waals surface area contributed by atoms with Gasteiger partial charge in [0, 0.05) is 39.9 Å². The van der Waals surface area contributed by atoms with Crippen molar-refractivity contribution < 1.29 is 22.3 Å². The van der Waals surface area contributed by atoms with Crippen LogP contribution >= 0.6 is 0 Å². The Labute approximate surface area is 207 Å². The first-order valence-corrected chi connectivity index (χ1v) is 11.2. The van der Waals surface area contributed by atoms with Gasteiger partial charge < -0.3 is 19.7 Å². The summed E-state index contributed by atoms with van der Waals surface area (Å²) in [6.45, 7) is 0. The molecule has 0 fully saturated rings. The maximum Gasteiger partial charge on any atom is 0.573 e. The smallest absolute Gasteiger partial charge is 0.406 e. The molecule has 0 spiro atoms. The highest BCUT2D eigenvalue weighted by Gasteiger charge is 2.31.